The number of anilines is 2. The van der Waals surface area contributed by atoms with Crippen LogP contribution in [0.1, 0.15) is 40.0 Å². The van der Waals surface area contributed by atoms with E-state index >= 15 is 0 Å². The van der Waals surface area contributed by atoms with Gasteiger partial charge in [-0.2, -0.15) is 0 Å². The zero-order valence-corrected chi connectivity index (χ0v) is 19.2. The summed E-state index contributed by atoms with van der Waals surface area (Å²) in [5.74, 6) is 0.429. The number of halogens is 1. The molecule has 2 aromatic rings. The van der Waals surface area contributed by atoms with Gasteiger partial charge in [-0.3, -0.25) is 19.1 Å². The maximum Gasteiger partial charge on any atom is 0.330 e. The number of amides is 1. The highest BCUT2D eigenvalue weighted by atomic mass is 79.9. The molecule has 3 N–H and O–H groups in total. The van der Waals surface area contributed by atoms with Gasteiger partial charge >= 0.3 is 5.69 Å². The molecule has 2 rings (SSSR count). The highest BCUT2D eigenvalue weighted by molar-refractivity contribution is 9.10. The molecule has 0 saturated carbocycles. The van der Waals surface area contributed by atoms with E-state index in [1.165, 1.54) is 9.47 Å². The summed E-state index contributed by atoms with van der Waals surface area (Å²) in [6.07, 6.45) is 2.25. The number of carbonyl (C=O) groups is 1. The Bertz CT molecular complexity index is 966. The number of ether oxygens (including phenoxy) is 1. The quantitative estimate of drug-likeness (QED) is 0.542. The number of nitrogens with two attached hydrogens (primary N) is 1. The summed E-state index contributed by atoms with van der Waals surface area (Å²) >= 11 is 3.35. The number of aromatic amines is 1. The summed E-state index contributed by atoms with van der Waals surface area (Å²) in [6, 6.07) is 7.09. The fourth-order valence-corrected chi connectivity index (χ4v) is 3.14. The minimum Gasteiger partial charge on any atom is -0.484 e. The monoisotopic (exact) mass is 480 g/mol. The number of nitrogens with one attached hydrogen (secondary N) is 1. The molecule has 0 radical (unpaired) electrons. The van der Waals surface area contributed by atoms with Gasteiger partial charge in [-0.05, 0) is 43.0 Å². The summed E-state index contributed by atoms with van der Waals surface area (Å²) in [5, 5.41) is 0. The predicted molar refractivity (Wildman–Crippen MR) is 122 cm³/mol. The van der Waals surface area contributed by atoms with E-state index in [-0.39, 0.29) is 18.1 Å². The summed E-state index contributed by atoms with van der Waals surface area (Å²) in [7, 11) is 0. The zero-order chi connectivity index (χ0) is 22.3. The zero-order valence-electron chi connectivity index (χ0n) is 17.6. The van der Waals surface area contributed by atoms with Crippen molar-refractivity contribution in [2.75, 3.05) is 23.8 Å². The van der Waals surface area contributed by atoms with Crippen LogP contribution in [0.25, 0.3) is 0 Å². The number of benzene rings is 1. The van der Waals surface area contributed by atoms with Crippen molar-refractivity contribution in [2.45, 2.75) is 46.6 Å². The van der Waals surface area contributed by atoms with Crippen LogP contribution in [0.3, 0.4) is 0 Å². The normalized spacial score (nSPS) is 11.0. The van der Waals surface area contributed by atoms with Crippen LogP contribution in [0.2, 0.25) is 0 Å². The Morgan fingerprint density at radius 3 is 2.53 bits per heavy atom. The molecule has 0 spiro atoms. The lowest BCUT2D eigenvalue weighted by Gasteiger charge is -2.25. The molecular formula is C21H29BrN4O4. The van der Waals surface area contributed by atoms with Crippen LogP contribution in [0, 0.1) is 5.92 Å². The number of nitrogens with zero attached hydrogens (tertiary/aromatic N) is 2. The molecule has 164 valence electrons. The third-order valence-corrected chi connectivity index (χ3v) is 5.16. The molecular weight excluding hydrogens is 452 g/mol. The maximum atomic E-state index is 13.0. The van der Waals surface area contributed by atoms with Crippen LogP contribution < -0.4 is 26.6 Å². The summed E-state index contributed by atoms with van der Waals surface area (Å²) in [5.41, 5.74) is 4.95. The van der Waals surface area contributed by atoms with Gasteiger partial charge in [0.25, 0.3) is 11.5 Å². The van der Waals surface area contributed by atoms with Crippen LogP contribution >= 0.6 is 15.9 Å². The SMILES string of the molecule is CCCCn1c(N)c(N(CCC(C)C)C(=O)COc2ccc(Br)cc2)c(=O)[nH]c1=O. The number of rotatable bonds is 10. The topological polar surface area (TPSA) is 110 Å². The smallest absolute Gasteiger partial charge is 0.330 e. The van der Waals surface area contributed by atoms with Gasteiger partial charge in [0.05, 0.1) is 0 Å². The summed E-state index contributed by atoms with van der Waals surface area (Å²) in [6.45, 7) is 6.44. The Labute approximate surface area is 184 Å². The molecule has 1 aromatic carbocycles. The van der Waals surface area contributed by atoms with E-state index in [1.807, 2.05) is 32.9 Å². The Morgan fingerprint density at radius 2 is 1.93 bits per heavy atom. The molecule has 1 heterocycles. The fourth-order valence-electron chi connectivity index (χ4n) is 2.88. The van der Waals surface area contributed by atoms with E-state index < -0.39 is 17.2 Å². The standard InChI is InChI=1S/C21H29BrN4O4/c1-4-5-11-26-19(23)18(20(28)24-21(26)29)25(12-10-14(2)3)17(27)13-30-16-8-6-15(22)7-9-16/h6-9,14H,4-5,10-13,23H2,1-3H3,(H,24,28,29). The molecule has 1 amide bonds. The van der Waals surface area contributed by atoms with E-state index in [0.717, 1.165) is 17.3 Å². The molecule has 0 bridgehead atoms. The number of aromatic nitrogens is 2. The first-order valence-electron chi connectivity index (χ1n) is 10.1. The van der Waals surface area contributed by atoms with Gasteiger partial charge in [0, 0.05) is 17.6 Å². The van der Waals surface area contributed by atoms with Gasteiger partial charge in [-0.15, -0.1) is 0 Å². The summed E-state index contributed by atoms with van der Waals surface area (Å²) in [4.78, 5) is 41.4. The van der Waals surface area contributed by atoms with E-state index in [2.05, 4.69) is 20.9 Å². The van der Waals surface area contributed by atoms with Gasteiger partial charge in [-0.1, -0.05) is 43.1 Å². The van der Waals surface area contributed by atoms with Gasteiger partial charge in [0.2, 0.25) is 0 Å². The first-order chi connectivity index (χ1) is 14.2. The number of H-pyrrole nitrogens is 1. The molecule has 0 saturated heterocycles. The van der Waals surface area contributed by atoms with Crippen molar-refractivity contribution in [3.63, 3.8) is 0 Å². The second kappa shape index (κ2) is 11.0. The average Bonchev–Trinajstić information content (AvgIpc) is 2.69. The molecule has 0 fully saturated rings. The van der Waals surface area contributed by atoms with Crippen molar-refractivity contribution in [3.8, 4) is 5.75 Å². The first-order valence-corrected chi connectivity index (χ1v) is 10.8. The number of unbranched alkanes of at least 4 members (excludes halogenated alkanes) is 1. The second-order valence-electron chi connectivity index (χ2n) is 7.47. The van der Waals surface area contributed by atoms with Crippen LogP contribution in [0.5, 0.6) is 5.75 Å². The largest absolute Gasteiger partial charge is 0.484 e. The van der Waals surface area contributed by atoms with Gasteiger partial charge in [0.15, 0.2) is 12.3 Å². The number of nitrogen functional groups attached to an aromatic ring is 1. The average molecular weight is 481 g/mol. The van der Waals surface area contributed by atoms with Crippen molar-refractivity contribution in [1.29, 1.82) is 0 Å². The Morgan fingerprint density at radius 1 is 1.27 bits per heavy atom. The lowest BCUT2D eigenvalue weighted by molar-refractivity contribution is -0.120. The minimum atomic E-state index is -0.675. The van der Waals surface area contributed by atoms with Crippen molar-refractivity contribution in [3.05, 3.63) is 49.6 Å². The lowest BCUT2D eigenvalue weighted by Crippen LogP contribution is -2.43. The summed E-state index contributed by atoms with van der Waals surface area (Å²) < 4.78 is 7.80. The van der Waals surface area contributed by atoms with E-state index in [4.69, 9.17) is 10.5 Å². The van der Waals surface area contributed by atoms with Gasteiger partial charge in [-0.25, -0.2) is 4.79 Å². The van der Waals surface area contributed by atoms with E-state index in [1.54, 1.807) is 12.1 Å². The number of hydrogen-bond acceptors (Lipinski definition) is 5. The minimum absolute atomic E-state index is 0.00190. The van der Waals surface area contributed by atoms with E-state index in [0.29, 0.717) is 31.2 Å². The molecule has 9 heteroatoms. The predicted octanol–water partition coefficient (Wildman–Crippen LogP) is 3.14. The molecule has 0 aliphatic heterocycles. The molecule has 0 aliphatic carbocycles. The molecule has 1 aromatic heterocycles. The number of hydrogen-bond donors (Lipinski definition) is 2. The highest BCUT2D eigenvalue weighted by Crippen LogP contribution is 2.20. The lowest BCUT2D eigenvalue weighted by atomic mass is 10.1. The van der Waals surface area contributed by atoms with Crippen molar-refractivity contribution in [1.82, 2.24) is 9.55 Å². The molecule has 0 unspecified atom stereocenters. The van der Waals surface area contributed by atoms with Gasteiger partial charge in [0.1, 0.15) is 11.6 Å². The molecule has 8 nitrogen and oxygen atoms in total. The fraction of sp³-hybridized carbons (Fsp3) is 0.476. The Balaban J connectivity index is 2.35. The van der Waals surface area contributed by atoms with Crippen LogP contribution in [0.4, 0.5) is 11.5 Å². The van der Waals surface area contributed by atoms with Crippen molar-refractivity contribution in [2.24, 2.45) is 5.92 Å². The van der Waals surface area contributed by atoms with Crippen LogP contribution in [0.15, 0.2) is 38.3 Å². The van der Waals surface area contributed by atoms with Crippen molar-refractivity contribution >= 4 is 33.3 Å². The maximum absolute atomic E-state index is 13.0. The van der Waals surface area contributed by atoms with Gasteiger partial charge < -0.3 is 15.4 Å². The molecule has 0 atom stereocenters. The third-order valence-electron chi connectivity index (χ3n) is 4.63. The Hall–Kier alpha value is -2.55. The van der Waals surface area contributed by atoms with Crippen LogP contribution in [-0.2, 0) is 11.3 Å². The molecule has 0 aliphatic rings. The first kappa shape index (κ1) is 23.7. The highest BCUT2D eigenvalue weighted by Gasteiger charge is 2.24. The van der Waals surface area contributed by atoms with Crippen LogP contribution in [-0.4, -0.2) is 28.6 Å². The molecule has 30 heavy (non-hydrogen) atoms. The Kier molecular flexibility index (Phi) is 8.71. The van der Waals surface area contributed by atoms with Crippen molar-refractivity contribution < 1.29 is 9.53 Å². The third kappa shape index (κ3) is 6.22. The number of carbonyl (C=O) groups excluding carboxylic acids is 1. The second-order valence-corrected chi connectivity index (χ2v) is 8.38. The van der Waals surface area contributed by atoms with E-state index in [9.17, 15) is 14.4 Å².